The highest BCUT2D eigenvalue weighted by atomic mass is 35.5. The van der Waals surface area contributed by atoms with Gasteiger partial charge in [-0.3, -0.25) is 0 Å². The lowest BCUT2D eigenvalue weighted by Crippen LogP contribution is -2.04. The van der Waals surface area contributed by atoms with Gasteiger partial charge in [0.25, 0.3) is 0 Å². The van der Waals surface area contributed by atoms with Crippen LogP contribution in [0.15, 0.2) is 30.3 Å². The maximum atomic E-state index is 9.28. The van der Waals surface area contributed by atoms with E-state index in [1.54, 1.807) is 0 Å². The maximum Gasteiger partial charge on any atom is 0.152 e. The first-order chi connectivity index (χ1) is 8.29. The zero-order valence-electron chi connectivity index (χ0n) is 9.31. The van der Waals surface area contributed by atoms with Crippen molar-refractivity contribution in [3.63, 3.8) is 0 Å². The molecular weight excluding hydrogens is 236 g/mol. The van der Waals surface area contributed by atoms with Crippen LogP contribution in [0.5, 0.6) is 0 Å². The summed E-state index contributed by atoms with van der Waals surface area (Å²) in [5, 5.41) is 9.72. The molecule has 1 N–H and O–H groups in total. The van der Waals surface area contributed by atoms with Gasteiger partial charge in [0.15, 0.2) is 5.15 Å². The molecule has 1 unspecified atom stereocenters. The minimum absolute atomic E-state index is 0.0483. The number of aliphatic hydroxyl groups excluding tert-OH is 1. The number of imidazole rings is 1. The van der Waals surface area contributed by atoms with Crippen molar-refractivity contribution in [1.82, 2.24) is 9.55 Å². The Bertz CT molecular complexity index is 536. The number of aliphatic hydroxyl groups is 1. The summed E-state index contributed by atoms with van der Waals surface area (Å²) >= 11 is 5.96. The van der Waals surface area contributed by atoms with Gasteiger partial charge in [0.2, 0.25) is 0 Å². The molecule has 88 valence electrons. The molecule has 0 fully saturated rings. The predicted molar refractivity (Wildman–Crippen MR) is 66.0 cm³/mol. The Labute approximate surface area is 105 Å². The Balaban J connectivity index is 1.91. The molecule has 0 aliphatic carbocycles. The molecule has 3 nitrogen and oxygen atoms in total. The summed E-state index contributed by atoms with van der Waals surface area (Å²) in [6.07, 6.45) is 0.893. The topological polar surface area (TPSA) is 38.1 Å². The van der Waals surface area contributed by atoms with E-state index < -0.39 is 0 Å². The maximum absolute atomic E-state index is 9.28. The van der Waals surface area contributed by atoms with Gasteiger partial charge in [0.1, 0.15) is 5.82 Å². The summed E-state index contributed by atoms with van der Waals surface area (Å²) in [4.78, 5) is 4.31. The average molecular weight is 249 g/mol. The number of hydrogen-bond donors (Lipinski definition) is 1. The Kier molecular flexibility index (Phi) is 2.65. The van der Waals surface area contributed by atoms with E-state index in [-0.39, 0.29) is 6.61 Å². The van der Waals surface area contributed by atoms with Gasteiger partial charge in [0.05, 0.1) is 12.3 Å². The van der Waals surface area contributed by atoms with Crippen LogP contribution in [0.4, 0.5) is 0 Å². The average Bonchev–Trinajstić information content (AvgIpc) is 2.86. The molecule has 1 aromatic carbocycles. The summed E-state index contributed by atoms with van der Waals surface area (Å²) in [6, 6.07) is 10.4. The lowest BCUT2D eigenvalue weighted by Gasteiger charge is -2.10. The summed E-state index contributed by atoms with van der Waals surface area (Å²) in [6.45, 7) is 0.808. The number of fused-ring (bicyclic) bond motifs is 1. The van der Waals surface area contributed by atoms with Crippen LogP contribution in [0, 0.1) is 0 Å². The third-order valence-electron chi connectivity index (χ3n) is 3.36. The fourth-order valence-corrected chi connectivity index (χ4v) is 2.74. The van der Waals surface area contributed by atoms with Crippen molar-refractivity contribution in [2.75, 3.05) is 0 Å². The van der Waals surface area contributed by atoms with Gasteiger partial charge in [-0.2, -0.15) is 0 Å². The smallest absolute Gasteiger partial charge is 0.152 e. The Hall–Kier alpha value is -1.32. The van der Waals surface area contributed by atoms with Crippen molar-refractivity contribution in [3.05, 3.63) is 52.6 Å². The van der Waals surface area contributed by atoms with E-state index in [9.17, 15) is 5.11 Å². The molecule has 0 radical (unpaired) electrons. The number of rotatable bonds is 2. The van der Waals surface area contributed by atoms with Crippen molar-refractivity contribution >= 4 is 11.6 Å². The fourth-order valence-electron chi connectivity index (χ4n) is 2.48. The molecule has 0 saturated carbocycles. The van der Waals surface area contributed by atoms with Crippen LogP contribution in [0.2, 0.25) is 5.15 Å². The lowest BCUT2D eigenvalue weighted by atomic mass is 9.98. The van der Waals surface area contributed by atoms with Crippen LogP contribution in [0.1, 0.15) is 23.0 Å². The molecule has 1 atom stereocenters. The Morgan fingerprint density at radius 2 is 2.12 bits per heavy atom. The van der Waals surface area contributed by atoms with E-state index in [2.05, 4.69) is 29.2 Å². The van der Waals surface area contributed by atoms with Crippen LogP contribution in [-0.4, -0.2) is 14.7 Å². The quantitative estimate of drug-likeness (QED) is 0.886. The molecule has 2 aromatic rings. The molecule has 0 spiro atoms. The SMILES string of the molecule is OCc1c(Cl)nc2n1CC(c1ccccc1)C2. The Morgan fingerprint density at radius 1 is 1.35 bits per heavy atom. The lowest BCUT2D eigenvalue weighted by molar-refractivity contribution is 0.271. The monoisotopic (exact) mass is 248 g/mol. The molecule has 3 rings (SSSR count). The summed E-state index contributed by atoms with van der Waals surface area (Å²) in [5.41, 5.74) is 2.05. The number of benzene rings is 1. The third kappa shape index (κ3) is 1.75. The highest BCUT2D eigenvalue weighted by Gasteiger charge is 2.27. The molecule has 1 aliphatic heterocycles. The highest BCUT2D eigenvalue weighted by molar-refractivity contribution is 6.30. The largest absolute Gasteiger partial charge is 0.390 e. The van der Waals surface area contributed by atoms with Gasteiger partial charge in [-0.05, 0) is 5.56 Å². The van der Waals surface area contributed by atoms with Gasteiger partial charge in [-0.25, -0.2) is 4.98 Å². The van der Waals surface area contributed by atoms with E-state index in [0.717, 1.165) is 24.5 Å². The molecule has 0 amide bonds. The molecule has 2 heterocycles. The molecule has 17 heavy (non-hydrogen) atoms. The van der Waals surface area contributed by atoms with Crippen LogP contribution < -0.4 is 0 Å². The number of hydrogen-bond acceptors (Lipinski definition) is 2. The zero-order valence-corrected chi connectivity index (χ0v) is 10.1. The van der Waals surface area contributed by atoms with Crippen LogP contribution in [0.25, 0.3) is 0 Å². The first kappa shape index (κ1) is 10.8. The fraction of sp³-hybridized carbons (Fsp3) is 0.308. The van der Waals surface area contributed by atoms with Crippen molar-refractivity contribution in [1.29, 1.82) is 0 Å². The second-order valence-corrected chi connectivity index (χ2v) is 4.70. The van der Waals surface area contributed by atoms with Gasteiger partial charge in [-0.1, -0.05) is 41.9 Å². The first-order valence-corrected chi connectivity index (χ1v) is 6.07. The van der Waals surface area contributed by atoms with Gasteiger partial charge < -0.3 is 9.67 Å². The summed E-state index contributed by atoms with van der Waals surface area (Å²) < 4.78 is 2.04. The van der Waals surface area contributed by atoms with Crippen molar-refractivity contribution < 1.29 is 5.11 Å². The second kappa shape index (κ2) is 4.17. The van der Waals surface area contributed by atoms with Crippen LogP contribution in [-0.2, 0) is 19.6 Å². The summed E-state index contributed by atoms with van der Waals surface area (Å²) in [5.74, 6) is 1.43. The molecule has 1 aliphatic rings. The van der Waals surface area contributed by atoms with Crippen LogP contribution in [0.3, 0.4) is 0 Å². The Morgan fingerprint density at radius 3 is 2.82 bits per heavy atom. The van der Waals surface area contributed by atoms with Crippen molar-refractivity contribution in [2.45, 2.75) is 25.5 Å². The van der Waals surface area contributed by atoms with E-state index >= 15 is 0 Å². The van der Waals surface area contributed by atoms with E-state index in [1.165, 1.54) is 5.56 Å². The van der Waals surface area contributed by atoms with Gasteiger partial charge >= 0.3 is 0 Å². The zero-order chi connectivity index (χ0) is 11.8. The minimum atomic E-state index is -0.0483. The summed E-state index contributed by atoms with van der Waals surface area (Å²) in [7, 11) is 0. The predicted octanol–water partition coefficient (Wildman–Crippen LogP) is 2.37. The standard InChI is InChI=1S/C13H13ClN2O/c14-13-11(8-17)16-7-10(6-12(16)15-13)9-4-2-1-3-5-9/h1-5,10,17H,6-8H2. The normalized spacial score (nSPS) is 18.4. The minimum Gasteiger partial charge on any atom is -0.390 e. The third-order valence-corrected chi connectivity index (χ3v) is 3.66. The number of halogens is 1. The van der Waals surface area contributed by atoms with Crippen molar-refractivity contribution in [2.24, 2.45) is 0 Å². The molecular formula is C13H13ClN2O. The molecule has 1 aromatic heterocycles. The molecule has 0 bridgehead atoms. The van der Waals surface area contributed by atoms with E-state index in [4.69, 9.17) is 11.6 Å². The first-order valence-electron chi connectivity index (χ1n) is 5.69. The van der Waals surface area contributed by atoms with E-state index in [1.807, 2.05) is 10.6 Å². The molecule has 4 heteroatoms. The van der Waals surface area contributed by atoms with E-state index in [0.29, 0.717) is 11.1 Å². The van der Waals surface area contributed by atoms with Crippen LogP contribution >= 0.6 is 11.6 Å². The second-order valence-electron chi connectivity index (χ2n) is 4.35. The van der Waals surface area contributed by atoms with Gasteiger partial charge in [0, 0.05) is 18.9 Å². The van der Waals surface area contributed by atoms with Gasteiger partial charge in [-0.15, -0.1) is 0 Å². The molecule has 0 saturated heterocycles. The highest BCUT2D eigenvalue weighted by Crippen LogP contribution is 2.32. The van der Waals surface area contributed by atoms with Crippen molar-refractivity contribution in [3.8, 4) is 0 Å². The number of aromatic nitrogens is 2. The number of nitrogens with zero attached hydrogens (tertiary/aromatic N) is 2.